The number of aromatic nitrogens is 1. The number of amides is 1. The van der Waals surface area contributed by atoms with Crippen LogP contribution in [-0.4, -0.2) is 36.2 Å². The van der Waals surface area contributed by atoms with Gasteiger partial charge in [0.05, 0.1) is 10.6 Å². The molecule has 2 rings (SSSR count). The lowest BCUT2D eigenvalue weighted by atomic mass is 10.3. The van der Waals surface area contributed by atoms with Gasteiger partial charge in [-0.3, -0.25) is 9.79 Å². The number of aliphatic imine (C=N–C) groups is 1. The summed E-state index contributed by atoms with van der Waals surface area (Å²) in [5, 5.41) is 15.5. The van der Waals surface area contributed by atoms with E-state index in [1.165, 1.54) is 6.92 Å². The van der Waals surface area contributed by atoms with Crippen LogP contribution in [0.4, 0.5) is 5.13 Å². The summed E-state index contributed by atoms with van der Waals surface area (Å²) >= 11 is 3.16. The third kappa shape index (κ3) is 5.57. The highest BCUT2D eigenvalue weighted by Crippen LogP contribution is 2.38. The zero-order valence-corrected chi connectivity index (χ0v) is 15.4. The minimum absolute atomic E-state index is 0.0537. The molecule has 0 aliphatic carbocycles. The minimum atomic E-state index is -0.125. The number of thioether (sulfide) groups is 1. The van der Waals surface area contributed by atoms with Crippen LogP contribution in [-0.2, 0) is 4.79 Å². The number of hydrogen-bond donors (Lipinski definition) is 4. The predicted octanol–water partition coefficient (Wildman–Crippen LogP) is 2.15. The van der Waals surface area contributed by atoms with Crippen molar-refractivity contribution < 1.29 is 4.79 Å². The van der Waals surface area contributed by atoms with Crippen LogP contribution < -0.4 is 21.3 Å². The minimum Gasteiger partial charge on any atom is -0.390 e. The molecule has 2 heterocycles. The SMILES string of the molecule is C=N/C=C\NCCCNc1nc(C2=C(C)NC(NC(C)=O)S2)cs1. The zero-order valence-electron chi connectivity index (χ0n) is 13.8. The van der Waals surface area contributed by atoms with E-state index in [9.17, 15) is 4.79 Å². The fraction of sp³-hybridized carbons (Fsp3) is 0.400. The van der Waals surface area contributed by atoms with Crippen molar-refractivity contribution in [3.63, 3.8) is 0 Å². The van der Waals surface area contributed by atoms with E-state index in [-0.39, 0.29) is 11.4 Å². The van der Waals surface area contributed by atoms with Crippen molar-refractivity contribution in [2.45, 2.75) is 25.8 Å². The van der Waals surface area contributed by atoms with Crippen molar-refractivity contribution in [3.05, 3.63) is 29.2 Å². The molecule has 130 valence electrons. The molecule has 1 aromatic heterocycles. The highest BCUT2D eigenvalue weighted by atomic mass is 32.2. The molecule has 0 bridgehead atoms. The van der Waals surface area contributed by atoms with Crippen LogP contribution in [0.3, 0.4) is 0 Å². The van der Waals surface area contributed by atoms with Crippen LogP contribution in [0.15, 0.2) is 28.5 Å². The van der Waals surface area contributed by atoms with Crippen molar-refractivity contribution in [3.8, 4) is 0 Å². The first kappa shape index (κ1) is 18.3. The average Bonchev–Trinajstić information content (AvgIpc) is 3.12. The number of carbonyl (C=O) groups excluding carboxylic acids is 1. The fourth-order valence-corrected chi connectivity index (χ4v) is 4.00. The van der Waals surface area contributed by atoms with Gasteiger partial charge in [0.2, 0.25) is 5.91 Å². The molecule has 1 aromatic rings. The standard InChI is InChI=1S/C15H22N6OS2/c1-10-13(24-15(19-10)20-11(2)22)12-9-23-14(21-12)18-6-4-5-17-8-7-16-3/h7-9,15,17,19H,3-6H2,1-2H3,(H,18,21)(H,20,22)/b8-7-. The Morgan fingerprint density at radius 1 is 1.54 bits per heavy atom. The Labute approximate surface area is 150 Å². The lowest BCUT2D eigenvalue weighted by Gasteiger charge is -2.11. The maximum Gasteiger partial charge on any atom is 0.219 e. The predicted molar refractivity (Wildman–Crippen MR) is 103 cm³/mol. The van der Waals surface area contributed by atoms with E-state index in [0.717, 1.165) is 40.9 Å². The number of nitrogens with one attached hydrogen (secondary N) is 4. The molecule has 0 spiro atoms. The van der Waals surface area contributed by atoms with Gasteiger partial charge < -0.3 is 21.3 Å². The Hall–Kier alpha value is -2.00. The second-order valence-electron chi connectivity index (χ2n) is 5.07. The molecule has 9 heteroatoms. The van der Waals surface area contributed by atoms with Crippen LogP contribution in [0.25, 0.3) is 4.91 Å². The molecule has 0 saturated carbocycles. The van der Waals surface area contributed by atoms with Gasteiger partial charge >= 0.3 is 0 Å². The Balaban J connectivity index is 1.78. The number of rotatable bonds is 9. The van der Waals surface area contributed by atoms with Crippen molar-refractivity contribution in [1.82, 2.24) is 20.9 Å². The van der Waals surface area contributed by atoms with Crippen molar-refractivity contribution >= 4 is 45.8 Å². The van der Waals surface area contributed by atoms with Crippen LogP contribution in [0.5, 0.6) is 0 Å². The van der Waals surface area contributed by atoms with Crippen LogP contribution in [0, 0.1) is 0 Å². The molecule has 1 aliphatic heterocycles. The second-order valence-corrected chi connectivity index (χ2v) is 7.04. The van der Waals surface area contributed by atoms with Crippen molar-refractivity contribution in [1.29, 1.82) is 0 Å². The van der Waals surface area contributed by atoms with Gasteiger partial charge in [0.15, 0.2) is 10.6 Å². The van der Waals surface area contributed by atoms with E-state index in [0.29, 0.717) is 0 Å². The van der Waals surface area contributed by atoms with E-state index in [1.54, 1.807) is 35.5 Å². The van der Waals surface area contributed by atoms with E-state index < -0.39 is 0 Å². The largest absolute Gasteiger partial charge is 0.390 e. The molecule has 0 radical (unpaired) electrons. The van der Waals surface area contributed by atoms with Crippen molar-refractivity contribution in [2.24, 2.45) is 4.99 Å². The maximum absolute atomic E-state index is 11.2. The van der Waals surface area contributed by atoms with E-state index in [1.807, 2.05) is 12.3 Å². The van der Waals surface area contributed by atoms with Gasteiger partial charge in [-0.25, -0.2) is 4.98 Å². The van der Waals surface area contributed by atoms with E-state index in [4.69, 9.17) is 0 Å². The smallest absolute Gasteiger partial charge is 0.219 e. The number of hydrogen-bond acceptors (Lipinski definition) is 8. The molecule has 4 N–H and O–H groups in total. The summed E-state index contributed by atoms with van der Waals surface area (Å²) in [4.78, 5) is 20.5. The molecule has 1 amide bonds. The molecule has 1 atom stereocenters. The quantitative estimate of drug-likeness (QED) is 0.395. The topological polar surface area (TPSA) is 90.4 Å². The van der Waals surface area contributed by atoms with Gasteiger partial charge in [-0.05, 0) is 20.1 Å². The average molecular weight is 367 g/mol. The third-order valence-electron chi connectivity index (χ3n) is 3.07. The Morgan fingerprint density at radius 2 is 2.38 bits per heavy atom. The van der Waals surface area contributed by atoms with Crippen molar-refractivity contribution in [2.75, 3.05) is 18.4 Å². The van der Waals surface area contributed by atoms with Gasteiger partial charge in [0, 0.05) is 43.5 Å². The molecule has 0 aromatic carbocycles. The number of anilines is 1. The molecule has 1 unspecified atom stereocenters. The molecule has 24 heavy (non-hydrogen) atoms. The zero-order chi connectivity index (χ0) is 17.4. The number of allylic oxidation sites excluding steroid dienone is 1. The third-order valence-corrected chi connectivity index (χ3v) is 5.09. The summed E-state index contributed by atoms with van der Waals surface area (Å²) in [5.74, 6) is -0.0537. The normalized spacial score (nSPS) is 17.0. The molecule has 0 fully saturated rings. The van der Waals surface area contributed by atoms with Gasteiger partial charge in [-0.2, -0.15) is 0 Å². The lowest BCUT2D eigenvalue weighted by molar-refractivity contribution is -0.119. The first-order valence-electron chi connectivity index (χ1n) is 7.55. The van der Waals surface area contributed by atoms with E-state index in [2.05, 4.69) is 38.0 Å². The first-order chi connectivity index (χ1) is 11.6. The monoisotopic (exact) mass is 366 g/mol. The van der Waals surface area contributed by atoms with Gasteiger partial charge in [0.25, 0.3) is 0 Å². The second kappa shape index (κ2) is 9.33. The maximum atomic E-state index is 11.2. The van der Waals surface area contributed by atoms with Crippen LogP contribution in [0.1, 0.15) is 26.0 Å². The molecular weight excluding hydrogens is 344 g/mol. The van der Waals surface area contributed by atoms with Gasteiger partial charge in [0.1, 0.15) is 0 Å². The van der Waals surface area contributed by atoms with Crippen LogP contribution in [0.2, 0.25) is 0 Å². The molecular formula is C15H22N6OS2. The Kier molecular flexibility index (Phi) is 7.13. The fourth-order valence-electron chi connectivity index (χ4n) is 2.03. The lowest BCUT2D eigenvalue weighted by Crippen LogP contribution is -2.38. The first-order valence-corrected chi connectivity index (χ1v) is 9.31. The Bertz CT molecular complexity index is 640. The number of nitrogens with zero attached hydrogens (tertiary/aromatic N) is 2. The highest BCUT2D eigenvalue weighted by Gasteiger charge is 2.24. The van der Waals surface area contributed by atoms with Crippen LogP contribution >= 0.6 is 23.1 Å². The molecule has 7 nitrogen and oxygen atoms in total. The number of carbonyl (C=O) groups is 1. The summed E-state index contributed by atoms with van der Waals surface area (Å²) in [6.07, 6.45) is 4.37. The molecule has 1 aliphatic rings. The summed E-state index contributed by atoms with van der Waals surface area (Å²) in [6, 6.07) is 0. The van der Waals surface area contributed by atoms with E-state index >= 15 is 0 Å². The summed E-state index contributed by atoms with van der Waals surface area (Å²) in [7, 11) is 0. The molecule has 0 saturated heterocycles. The Morgan fingerprint density at radius 3 is 3.12 bits per heavy atom. The highest BCUT2D eigenvalue weighted by molar-refractivity contribution is 8.09. The number of thiazole rings is 1. The van der Waals surface area contributed by atoms with Gasteiger partial charge in [-0.1, -0.05) is 11.8 Å². The summed E-state index contributed by atoms with van der Waals surface area (Å²) in [6.45, 7) is 8.57. The van der Waals surface area contributed by atoms with Gasteiger partial charge in [-0.15, -0.1) is 11.3 Å². The summed E-state index contributed by atoms with van der Waals surface area (Å²) in [5.41, 5.74) is 1.84. The summed E-state index contributed by atoms with van der Waals surface area (Å²) < 4.78 is 0.